The van der Waals surface area contributed by atoms with E-state index in [4.69, 9.17) is 4.74 Å². The zero-order valence-electron chi connectivity index (χ0n) is 11.3. The van der Waals surface area contributed by atoms with E-state index in [1.807, 2.05) is 31.2 Å². The van der Waals surface area contributed by atoms with Crippen molar-refractivity contribution in [2.75, 3.05) is 32.1 Å². The molecule has 1 rings (SSSR count). The maximum Gasteiger partial charge on any atom is 0.238 e. The van der Waals surface area contributed by atoms with E-state index < -0.39 is 0 Å². The quantitative estimate of drug-likeness (QED) is 0.776. The molecule has 0 aliphatic carbocycles. The molecule has 4 heteroatoms. The summed E-state index contributed by atoms with van der Waals surface area (Å²) in [6.07, 6.45) is 0. The molecule has 0 heterocycles. The molecule has 18 heavy (non-hydrogen) atoms. The Morgan fingerprint density at radius 3 is 2.61 bits per heavy atom. The summed E-state index contributed by atoms with van der Waals surface area (Å²) in [4.78, 5) is 11.6. The monoisotopic (exact) mass is 250 g/mol. The second-order valence-electron chi connectivity index (χ2n) is 4.61. The van der Waals surface area contributed by atoms with Crippen LogP contribution in [-0.2, 0) is 9.53 Å². The Labute approximate surface area is 109 Å². The lowest BCUT2D eigenvalue weighted by Gasteiger charge is -2.11. The number of carbonyl (C=O) groups excluding carboxylic acids is 1. The Balaban J connectivity index is 2.23. The Kier molecular flexibility index (Phi) is 6.39. The summed E-state index contributed by atoms with van der Waals surface area (Å²) in [6, 6.07) is 7.76. The van der Waals surface area contributed by atoms with Gasteiger partial charge in [0.25, 0.3) is 0 Å². The van der Waals surface area contributed by atoms with Gasteiger partial charge in [0.2, 0.25) is 5.91 Å². The largest absolute Gasteiger partial charge is 0.384 e. The van der Waals surface area contributed by atoms with E-state index >= 15 is 0 Å². The highest BCUT2D eigenvalue weighted by Crippen LogP contribution is 2.07. The molecule has 1 amide bonds. The molecule has 0 spiro atoms. The molecule has 0 bridgehead atoms. The summed E-state index contributed by atoms with van der Waals surface area (Å²) < 4.78 is 5.03. The van der Waals surface area contributed by atoms with E-state index in [-0.39, 0.29) is 5.91 Å². The number of amides is 1. The molecule has 0 aliphatic heterocycles. The number of ether oxygens (including phenoxy) is 1. The van der Waals surface area contributed by atoms with Crippen molar-refractivity contribution in [1.82, 2.24) is 5.32 Å². The van der Waals surface area contributed by atoms with Gasteiger partial charge in [0.15, 0.2) is 0 Å². The molecule has 100 valence electrons. The van der Waals surface area contributed by atoms with Gasteiger partial charge in [0.05, 0.1) is 6.54 Å². The SMILES string of the molecule is COCC(C)CNCC(=O)Nc1ccc(C)cc1. The first kappa shape index (κ1) is 14.7. The van der Waals surface area contributed by atoms with E-state index in [9.17, 15) is 4.79 Å². The third-order valence-corrected chi connectivity index (χ3v) is 2.56. The summed E-state index contributed by atoms with van der Waals surface area (Å²) in [6.45, 7) is 5.89. The van der Waals surface area contributed by atoms with E-state index in [0.717, 1.165) is 12.2 Å². The summed E-state index contributed by atoms with van der Waals surface area (Å²) in [5.41, 5.74) is 2.01. The number of carbonyl (C=O) groups is 1. The number of nitrogens with one attached hydrogen (secondary N) is 2. The van der Waals surface area contributed by atoms with Crippen molar-refractivity contribution in [3.05, 3.63) is 29.8 Å². The van der Waals surface area contributed by atoms with E-state index in [2.05, 4.69) is 17.6 Å². The highest BCUT2D eigenvalue weighted by molar-refractivity contribution is 5.92. The molecular formula is C14H22N2O2. The number of anilines is 1. The number of rotatable bonds is 7. The van der Waals surface area contributed by atoms with Crippen LogP contribution in [0.5, 0.6) is 0 Å². The zero-order valence-corrected chi connectivity index (χ0v) is 11.3. The molecule has 0 radical (unpaired) electrons. The third-order valence-electron chi connectivity index (χ3n) is 2.56. The van der Waals surface area contributed by atoms with E-state index in [1.165, 1.54) is 5.56 Å². The summed E-state index contributed by atoms with van der Waals surface area (Å²) in [5, 5.41) is 5.95. The summed E-state index contributed by atoms with van der Waals surface area (Å²) in [5.74, 6) is 0.380. The average Bonchev–Trinajstić information content (AvgIpc) is 2.32. The minimum Gasteiger partial charge on any atom is -0.384 e. The van der Waals surface area contributed by atoms with Crippen LogP contribution in [0.15, 0.2) is 24.3 Å². The molecule has 0 fully saturated rings. The zero-order chi connectivity index (χ0) is 13.4. The maximum atomic E-state index is 11.6. The fourth-order valence-electron chi connectivity index (χ4n) is 1.62. The van der Waals surface area contributed by atoms with Crippen molar-refractivity contribution < 1.29 is 9.53 Å². The number of aryl methyl sites for hydroxylation is 1. The predicted molar refractivity (Wildman–Crippen MR) is 73.7 cm³/mol. The number of methoxy groups -OCH3 is 1. The first-order valence-electron chi connectivity index (χ1n) is 6.18. The van der Waals surface area contributed by atoms with Crippen molar-refractivity contribution in [3.63, 3.8) is 0 Å². The fourth-order valence-corrected chi connectivity index (χ4v) is 1.62. The second-order valence-corrected chi connectivity index (χ2v) is 4.61. The second kappa shape index (κ2) is 7.84. The lowest BCUT2D eigenvalue weighted by Crippen LogP contribution is -2.32. The highest BCUT2D eigenvalue weighted by Gasteiger charge is 2.04. The molecule has 1 aromatic carbocycles. The van der Waals surface area contributed by atoms with E-state index in [0.29, 0.717) is 19.1 Å². The molecule has 0 aliphatic rings. The molecule has 1 atom stereocenters. The van der Waals surface area contributed by atoms with Gasteiger partial charge in [0.1, 0.15) is 0 Å². The van der Waals surface area contributed by atoms with Crippen LogP contribution in [-0.4, -0.2) is 32.7 Å². The van der Waals surface area contributed by atoms with Gasteiger partial charge in [-0.15, -0.1) is 0 Å². The van der Waals surface area contributed by atoms with Crippen LogP contribution < -0.4 is 10.6 Å². The van der Waals surface area contributed by atoms with Gasteiger partial charge in [-0.3, -0.25) is 4.79 Å². The van der Waals surface area contributed by atoms with Gasteiger partial charge in [-0.05, 0) is 25.0 Å². The van der Waals surface area contributed by atoms with Crippen molar-refractivity contribution >= 4 is 11.6 Å². The predicted octanol–water partition coefficient (Wildman–Crippen LogP) is 1.81. The Morgan fingerprint density at radius 1 is 1.33 bits per heavy atom. The Hall–Kier alpha value is -1.39. The standard InChI is InChI=1S/C14H22N2O2/c1-11-4-6-13(7-5-11)16-14(17)9-15-8-12(2)10-18-3/h4-7,12,15H,8-10H2,1-3H3,(H,16,17). The van der Waals surface area contributed by atoms with E-state index in [1.54, 1.807) is 7.11 Å². The molecule has 0 aromatic heterocycles. The van der Waals surface area contributed by atoms with Crippen molar-refractivity contribution in [2.45, 2.75) is 13.8 Å². The van der Waals surface area contributed by atoms with Crippen LogP contribution in [0.4, 0.5) is 5.69 Å². The molecule has 1 unspecified atom stereocenters. The lowest BCUT2D eigenvalue weighted by molar-refractivity contribution is -0.115. The molecular weight excluding hydrogens is 228 g/mol. The van der Waals surface area contributed by atoms with Crippen LogP contribution in [0.1, 0.15) is 12.5 Å². The Morgan fingerprint density at radius 2 is 2.00 bits per heavy atom. The molecule has 4 nitrogen and oxygen atoms in total. The van der Waals surface area contributed by atoms with Crippen LogP contribution in [0.25, 0.3) is 0 Å². The third kappa shape index (κ3) is 5.80. The van der Waals surface area contributed by atoms with Gasteiger partial charge in [-0.2, -0.15) is 0 Å². The average molecular weight is 250 g/mol. The van der Waals surface area contributed by atoms with Crippen molar-refractivity contribution in [1.29, 1.82) is 0 Å². The first-order chi connectivity index (χ1) is 8.61. The maximum absolute atomic E-state index is 11.6. The minimum absolute atomic E-state index is 0.0246. The minimum atomic E-state index is -0.0246. The smallest absolute Gasteiger partial charge is 0.238 e. The molecule has 1 aromatic rings. The summed E-state index contributed by atoms with van der Waals surface area (Å²) in [7, 11) is 1.68. The van der Waals surface area contributed by atoms with Gasteiger partial charge in [0, 0.05) is 25.9 Å². The molecule has 0 saturated carbocycles. The van der Waals surface area contributed by atoms with Gasteiger partial charge in [-0.25, -0.2) is 0 Å². The lowest BCUT2D eigenvalue weighted by atomic mass is 10.2. The molecule has 0 saturated heterocycles. The van der Waals surface area contributed by atoms with Gasteiger partial charge in [-0.1, -0.05) is 24.6 Å². The van der Waals surface area contributed by atoms with Gasteiger partial charge >= 0.3 is 0 Å². The summed E-state index contributed by atoms with van der Waals surface area (Å²) >= 11 is 0. The first-order valence-corrected chi connectivity index (χ1v) is 6.18. The van der Waals surface area contributed by atoms with Gasteiger partial charge < -0.3 is 15.4 Å². The molecule has 2 N–H and O–H groups in total. The van der Waals surface area contributed by atoms with Crippen LogP contribution >= 0.6 is 0 Å². The van der Waals surface area contributed by atoms with Crippen LogP contribution in [0, 0.1) is 12.8 Å². The topological polar surface area (TPSA) is 50.4 Å². The Bertz CT molecular complexity index is 363. The highest BCUT2D eigenvalue weighted by atomic mass is 16.5. The fraction of sp³-hybridized carbons (Fsp3) is 0.500. The normalized spacial score (nSPS) is 12.2. The number of hydrogen-bond donors (Lipinski definition) is 2. The number of benzene rings is 1. The van der Waals surface area contributed by atoms with Crippen LogP contribution in [0.3, 0.4) is 0 Å². The number of hydrogen-bond acceptors (Lipinski definition) is 3. The van der Waals surface area contributed by atoms with Crippen LogP contribution in [0.2, 0.25) is 0 Å². The van der Waals surface area contributed by atoms with Crippen molar-refractivity contribution in [2.24, 2.45) is 5.92 Å². The van der Waals surface area contributed by atoms with Crippen molar-refractivity contribution in [3.8, 4) is 0 Å².